The van der Waals surface area contributed by atoms with E-state index in [0.29, 0.717) is 12.2 Å². The van der Waals surface area contributed by atoms with Gasteiger partial charge in [0.1, 0.15) is 5.75 Å². The quantitative estimate of drug-likeness (QED) is 0.147. The van der Waals surface area contributed by atoms with E-state index in [-0.39, 0.29) is 11.7 Å². The molecule has 0 saturated carbocycles. The predicted molar refractivity (Wildman–Crippen MR) is 214 cm³/mol. The number of ether oxygens (including phenoxy) is 1. The summed E-state index contributed by atoms with van der Waals surface area (Å²) in [7, 11) is 0. The fourth-order valence-corrected chi connectivity index (χ4v) is 6.99. The van der Waals surface area contributed by atoms with Gasteiger partial charge < -0.3 is 19.8 Å². The molecule has 0 saturated heterocycles. The summed E-state index contributed by atoms with van der Waals surface area (Å²) in [6.45, 7) is 2.09. The zero-order valence-corrected chi connectivity index (χ0v) is 29.1. The zero-order valence-electron chi connectivity index (χ0n) is 29.1. The van der Waals surface area contributed by atoms with Gasteiger partial charge in [-0.1, -0.05) is 36.4 Å². The number of aromatic amines is 2. The first-order valence-electron chi connectivity index (χ1n) is 17.6. The van der Waals surface area contributed by atoms with Gasteiger partial charge in [-0.15, -0.1) is 0 Å². The predicted octanol–water partition coefficient (Wildman–Crippen LogP) is 10.00. The van der Waals surface area contributed by atoms with Gasteiger partial charge in [-0.2, -0.15) is 0 Å². The van der Waals surface area contributed by atoms with Gasteiger partial charge in [0.15, 0.2) is 0 Å². The molecule has 8 bridgehead atoms. The van der Waals surface area contributed by atoms with Gasteiger partial charge in [-0.3, -0.25) is 9.97 Å². The van der Waals surface area contributed by atoms with E-state index >= 15 is 0 Å². The Balaban J connectivity index is 1.43. The number of H-pyrrole nitrogens is 2. The normalized spacial score (nSPS) is 11.9. The van der Waals surface area contributed by atoms with Crippen LogP contribution in [0.3, 0.4) is 0 Å². The Morgan fingerprint density at radius 1 is 0.556 bits per heavy atom. The minimum Gasteiger partial charge on any atom is -0.508 e. The summed E-state index contributed by atoms with van der Waals surface area (Å²) in [4.78, 5) is 40.0. The molecule has 2 aliphatic heterocycles. The molecule has 0 aliphatic carbocycles. The maximum atomic E-state index is 12.6. The molecular weight excluding hydrogens is 673 g/mol. The van der Waals surface area contributed by atoms with Crippen LogP contribution in [0.1, 0.15) is 40.1 Å². The van der Waals surface area contributed by atoms with Crippen LogP contribution < -0.4 is 0 Å². The molecule has 0 amide bonds. The lowest BCUT2D eigenvalue weighted by atomic mass is 10.0. The molecule has 9 heteroatoms. The number of hydrogen-bond acceptors (Lipinski definition) is 7. The molecule has 0 atom stereocenters. The standard InChI is InChI=1S/C45H32N6O3/c1-2-54-45(53)29-11-9-27(10-12-29)41-33-17-18-34(48-33)42(28-13-15-30(52)16-14-28)36-20-22-38(50-36)44(32-8-4-6-26-47-32)40-24-23-39(51-40)43(31-7-3-5-25-46-31)37-21-19-35(41)49-37/h3-26,49-50,52H,2H2,1H3. The van der Waals surface area contributed by atoms with Gasteiger partial charge in [0.2, 0.25) is 0 Å². The Kier molecular flexibility index (Phi) is 8.21. The van der Waals surface area contributed by atoms with Gasteiger partial charge in [-0.25, -0.2) is 14.8 Å². The summed E-state index contributed by atoms with van der Waals surface area (Å²) in [5.74, 6) is -0.202. The van der Waals surface area contributed by atoms with Crippen molar-refractivity contribution in [3.63, 3.8) is 0 Å². The number of aromatic hydroxyl groups is 1. The SMILES string of the molecule is CCOC(=O)c1ccc(-c2c3nc(c(-c4ccc(O)cc4)c4ccc([nH]4)c(-c4ccccn4)c4nc(c(-c5ccccn5)c5ccc2[nH]5)C=C4)C=C3)cc1. The monoisotopic (exact) mass is 704 g/mol. The molecule has 260 valence electrons. The van der Waals surface area contributed by atoms with E-state index in [1.807, 2.05) is 109 Å². The molecule has 7 heterocycles. The van der Waals surface area contributed by atoms with Crippen molar-refractivity contribution in [2.24, 2.45) is 0 Å². The highest BCUT2D eigenvalue weighted by molar-refractivity contribution is 5.99. The number of carbonyl (C=O) groups is 1. The minimum atomic E-state index is -0.374. The van der Waals surface area contributed by atoms with Crippen molar-refractivity contribution in [2.45, 2.75) is 6.92 Å². The van der Waals surface area contributed by atoms with Crippen LogP contribution in [0.2, 0.25) is 0 Å². The fourth-order valence-electron chi connectivity index (χ4n) is 6.99. The number of carbonyl (C=O) groups excluding carboxylic acids is 1. The molecule has 0 unspecified atom stereocenters. The van der Waals surface area contributed by atoms with E-state index in [1.54, 1.807) is 43.6 Å². The smallest absolute Gasteiger partial charge is 0.338 e. The molecule has 7 aromatic rings. The van der Waals surface area contributed by atoms with Gasteiger partial charge in [0, 0.05) is 45.7 Å². The number of phenols is 1. The lowest BCUT2D eigenvalue weighted by molar-refractivity contribution is 0.0526. The van der Waals surface area contributed by atoms with Crippen molar-refractivity contribution in [1.29, 1.82) is 0 Å². The van der Waals surface area contributed by atoms with E-state index in [1.165, 1.54) is 0 Å². The van der Waals surface area contributed by atoms with Crippen LogP contribution in [0.4, 0.5) is 0 Å². The van der Waals surface area contributed by atoms with Crippen molar-refractivity contribution < 1.29 is 14.6 Å². The average molecular weight is 705 g/mol. The number of nitrogens with zero attached hydrogens (tertiary/aromatic N) is 4. The Hall–Kier alpha value is -7.39. The third-order valence-electron chi connectivity index (χ3n) is 9.44. The van der Waals surface area contributed by atoms with Crippen LogP contribution >= 0.6 is 0 Å². The second-order valence-electron chi connectivity index (χ2n) is 12.8. The number of phenolic OH excluding ortho intramolecular Hbond substituents is 1. The highest BCUT2D eigenvalue weighted by Crippen LogP contribution is 2.38. The Morgan fingerprint density at radius 3 is 1.41 bits per heavy atom. The average Bonchev–Trinajstić information content (AvgIpc) is 4.05. The largest absolute Gasteiger partial charge is 0.508 e. The van der Waals surface area contributed by atoms with Crippen LogP contribution in [-0.4, -0.2) is 47.6 Å². The highest BCUT2D eigenvalue weighted by Gasteiger charge is 2.20. The zero-order chi connectivity index (χ0) is 36.6. The van der Waals surface area contributed by atoms with Crippen LogP contribution in [-0.2, 0) is 4.74 Å². The third-order valence-corrected chi connectivity index (χ3v) is 9.44. The first-order chi connectivity index (χ1) is 26.5. The fraction of sp³-hybridized carbons (Fsp3) is 0.0444. The summed E-state index contributed by atoms with van der Waals surface area (Å²) in [6, 6.07) is 34.4. The summed E-state index contributed by atoms with van der Waals surface area (Å²) in [5.41, 5.74) is 13.4. The number of rotatable bonds is 6. The molecular formula is C45H32N6O3. The first kappa shape index (κ1) is 32.5. The van der Waals surface area contributed by atoms with E-state index in [0.717, 1.165) is 89.6 Å². The highest BCUT2D eigenvalue weighted by atomic mass is 16.5. The molecule has 0 fully saturated rings. The molecule has 0 radical (unpaired) electrons. The molecule has 0 spiro atoms. The van der Waals surface area contributed by atoms with E-state index in [4.69, 9.17) is 24.7 Å². The van der Waals surface area contributed by atoms with Crippen molar-refractivity contribution in [3.05, 3.63) is 150 Å². The van der Waals surface area contributed by atoms with E-state index < -0.39 is 0 Å². The van der Waals surface area contributed by atoms with Crippen molar-refractivity contribution >= 4 is 52.3 Å². The number of fused-ring (bicyclic) bond motifs is 8. The molecule has 3 N–H and O–H groups in total. The number of benzene rings is 2. The van der Waals surface area contributed by atoms with Crippen LogP contribution in [0, 0.1) is 0 Å². The van der Waals surface area contributed by atoms with E-state index in [9.17, 15) is 9.90 Å². The number of pyridine rings is 2. The summed E-state index contributed by atoms with van der Waals surface area (Å²) < 4.78 is 5.26. The summed E-state index contributed by atoms with van der Waals surface area (Å²) >= 11 is 0. The van der Waals surface area contributed by atoms with Gasteiger partial charge in [0.25, 0.3) is 0 Å². The Bertz CT molecular complexity index is 2780. The van der Waals surface area contributed by atoms with Crippen molar-refractivity contribution in [2.75, 3.05) is 6.61 Å². The van der Waals surface area contributed by atoms with Crippen molar-refractivity contribution in [3.8, 4) is 50.5 Å². The van der Waals surface area contributed by atoms with Gasteiger partial charge in [0.05, 0.1) is 57.4 Å². The second-order valence-corrected chi connectivity index (χ2v) is 12.8. The molecule has 5 aromatic heterocycles. The molecule has 9 rings (SSSR count). The molecule has 9 nitrogen and oxygen atoms in total. The van der Waals surface area contributed by atoms with Crippen molar-refractivity contribution in [1.82, 2.24) is 29.9 Å². The minimum absolute atomic E-state index is 0.172. The van der Waals surface area contributed by atoms with Crippen LogP contribution in [0.5, 0.6) is 5.75 Å². The van der Waals surface area contributed by atoms with Crippen LogP contribution in [0.25, 0.3) is 91.1 Å². The Morgan fingerprint density at radius 2 is 0.981 bits per heavy atom. The molecule has 54 heavy (non-hydrogen) atoms. The third kappa shape index (κ3) is 5.93. The number of aromatic nitrogens is 6. The summed E-state index contributed by atoms with van der Waals surface area (Å²) in [6.07, 6.45) is 11.6. The molecule has 2 aromatic carbocycles. The Labute approximate surface area is 310 Å². The lowest BCUT2D eigenvalue weighted by Crippen LogP contribution is -2.04. The maximum absolute atomic E-state index is 12.6. The van der Waals surface area contributed by atoms with E-state index in [2.05, 4.69) is 9.97 Å². The van der Waals surface area contributed by atoms with Gasteiger partial charge >= 0.3 is 5.97 Å². The van der Waals surface area contributed by atoms with Crippen LogP contribution in [0.15, 0.2) is 122 Å². The second kappa shape index (κ2) is 13.6. The maximum Gasteiger partial charge on any atom is 0.338 e. The van der Waals surface area contributed by atoms with Gasteiger partial charge in [-0.05, 0) is 115 Å². The number of hydrogen-bond donors (Lipinski definition) is 3. The topological polar surface area (TPSA) is 130 Å². The number of esters is 1. The summed E-state index contributed by atoms with van der Waals surface area (Å²) in [5, 5.41) is 10.2. The number of nitrogens with one attached hydrogen (secondary N) is 2. The molecule has 2 aliphatic rings. The first-order valence-corrected chi connectivity index (χ1v) is 17.6. The lowest BCUT2D eigenvalue weighted by Gasteiger charge is -2.07.